The lowest BCUT2D eigenvalue weighted by molar-refractivity contribution is 0.0901. The largest absolute Gasteiger partial charge is 0.481 e. The fourth-order valence-electron chi connectivity index (χ4n) is 5.29. The van der Waals surface area contributed by atoms with Gasteiger partial charge in [0.25, 0.3) is 11.5 Å². The molecule has 1 unspecified atom stereocenters. The standard InChI is InChI=1S/C31H31Cl2N5O4/c1-17-19(7-6-11-23(17)36-29(40)27-22(32)16-35-38-30(27)41)20-8-5-9-21(28(20)33)24-14-13-18(31(37-24)42-2)15-34-25-10-3-4-12-26(25)39/h5-9,11,13-14,16,25-26,34,39H,3-4,10,12,15H2,1-2H3,(H,36,40)(H,38,41)/t25?,26-/m0/s1. The van der Waals surface area contributed by atoms with E-state index in [9.17, 15) is 14.7 Å². The highest BCUT2D eigenvalue weighted by atomic mass is 35.5. The molecule has 9 nitrogen and oxygen atoms in total. The highest BCUT2D eigenvalue weighted by Gasteiger charge is 2.23. The van der Waals surface area contributed by atoms with Crippen LogP contribution in [0.2, 0.25) is 10.0 Å². The van der Waals surface area contributed by atoms with Crippen molar-refractivity contribution in [2.24, 2.45) is 0 Å². The lowest BCUT2D eigenvalue weighted by Crippen LogP contribution is -2.41. The summed E-state index contributed by atoms with van der Waals surface area (Å²) < 4.78 is 5.62. The number of methoxy groups -OCH3 is 1. The van der Waals surface area contributed by atoms with Crippen LogP contribution in [-0.2, 0) is 6.54 Å². The molecule has 2 aromatic heterocycles. The number of halogens is 2. The van der Waals surface area contributed by atoms with E-state index in [1.807, 2.05) is 43.3 Å². The Morgan fingerprint density at radius 1 is 1.07 bits per heavy atom. The first-order valence-corrected chi connectivity index (χ1v) is 14.4. The molecule has 1 fully saturated rings. The van der Waals surface area contributed by atoms with Crippen LogP contribution in [0.5, 0.6) is 5.88 Å². The van der Waals surface area contributed by atoms with E-state index in [-0.39, 0.29) is 22.7 Å². The van der Waals surface area contributed by atoms with Gasteiger partial charge in [-0.05, 0) is 43.0 Å². The molecule has 42 heavy (non-hydrogen) atoms. The van der Waals surface area contributed by atoms with Gasteiger partial charge in [-0.15, -0.1) is 0 Å². The van der Waals surface area contributed by atoms with Crippen molar-refractivity contribution in [2.75, 3.05) is 12.4 Å². The van der Waals surface area contributed by atoms with Gasteiger partial charge in [0.15, 0.2) is 0 Å². The maximum Gasteiger partial charge on any atom is 0.278 e. The second-order valence-electron chi connectivity index (χ2n) is 10.2. The number of rotatable bonds is 8. The van der Waals surface area contributed by atoms with Crippen LogP contribution in [0, 0.1) is 6.92 Å². The average molecular weight is 609 g/mol. The summed E-state index contributed by atoms with van der Waals surface area (Å²) in [4.78, 5) is 29.8. The van der Waals surface area contributed by atoms with Gasteiger partial charge in [-0.1, -0.05) is 72.4 Å². The number of hydrogen-bond donors (Lipinski definition) is 4. The zero-order valence-electron chi connectivity index (χ0n) is 23.2. The second-order valence-corrected chi connectivity index (χ2v) is 11.0. The number of carbonyl (C=O) groups excluding carboxylic acids is 1. The van der Waals surface area contributed by atoms with Gasteiger partial charge in [0, 0.05) is 35.0 Å². The Bertz CT molecular complexity index is 1680. The summed E-state index contributed by atoms with van der Waals surface area (Å²) in [6, 6.07) is 15.0. The summed E-state index contributed by atoms with van der Waals surface area (Å²) in [7, 11) is 1.58. The molecule has 218 valence electrons. The van der Waals surface area contributed by atoms with Gasteiger partial charge in [0.2, 0.25) is 5.88 Å². The number of pyridine rings is 1. The molecular formula is C31H31Cl2N5O4. The minimum atomic E-state index is -0.680. The number of aromatic amines is 1. The number of nitrogens with zero attached hydrogens (tertiary/aromatic N) is 2. The molecule has 5 rings (SSSR count). The van der Waals surface area contributed by atoms with Crippen LogP contribution in [0.4, 0.5) is 5.69 Å². The molecule has 0 saturated heterocycles. The number of anilines is 1. The van der Waals surface area contributed by atoms with Crippen LogP contribution in [0.15, 0.2) is 59.5 Å². The minimum absolute atomic E-state index is 0.0443. The maximum absolute atomic E-state index is 12.9. The number of nitrogens with one attached hydrogen (secondary N) is 3. The van der Waals surface area contributed by atoms with Crippen LogP contribution < -0.4 is 20.9 Å². The number of H-pyrrole nitrogens is 1. The van der Waals surface area contributed by atoms with Gasteiger partial charge in [-0.25, -0.2) is 10.1 Å². The fraction of sp³-hybridized carbons (Fsp3) is 0.290. The van der Waals surface area contributed by atoms with Crippen molar-refractivity contribution in [3.05, 3.63) is 91.8 Å². The van der Waals surface area contributed by atoms with Crippen LogP contribution in [0.3, 0.4) is 0 Å². The summed E-state index contributed by atoms with van der Waals surface area (Å²) in [5.74, 6) is -0.162. The summed E-state index contributed by atoms with van der Waals surface area (Å²) in [5.41, 5.74) is 4.17. The Hall–Kier alpha value is -3.76. The van der Waals surface area contributed by atoms with E-state index >= 15 is 0 Å². The molecule has 11 heteroatoms. The van der Waals surface area contributed by atoms with Crippen LogP contribution in [0.1, 0.15) is 47.2 Å². The van der Waals surface area contributed by atoms with E-state index in [4.69, 9.17) is 32.9 Å². The molecule has 2 atom stereocenters. The maximum atomic E-state index is 12.9. The highest BCUT2D eigenvalue weighted by Crippen LogP contribution is 2.39. The van der Waals surface area contributed by atoms with Gasteiger partial charge in [-0.2, -0.15) is 5.10 Å². The molecule has 0 radical (unpaired) electrons. The van der Waals surface area contributed by atoms with Crippen molar-refractivity contribution in [3.8, 4) is 28.3 Å². The van der Waals surface area contributed by atoms with Gasteiger partial charge < -0.3 is 20.5 Å². The van der Waals surface area contributed by atoms with Crippen molar-refractivity contribution in [2.45, 2.75) is 51.3 Å². The van der Waals surface area contributed by atoms with Gasteiger partial charge in [0.05, 0.1) is 35.1 Å². The summed E-state index contributed by atoms with van der Waals surface area (Å²) >= 11 is 13.0. The van der Waals surface area contributed by atoms with E-state index in [0.717, 1.165) is 53.5 Å². The molecule has 1 saturated carbocycles. The first kappa shape index (κ1) is 29.7. The number of hydrogen-bond acceptors (Lipinski definition) is 7. The molecular weight excluding hydrogens is 577 g/mol. The number of amides is 1. The molecule has 0 bridgehead atoms. The topological polar surface area (TPSA) is 129 Å². The van der Waals surface area contributed by atoms with E-state index < -0.39 is 11.5 Å². The third-order valence-electron chi connectivity index (χ3n) is 7.60. The molecule has 1 aliphatic carbocycles. The molecule has 0 aliphatic heterocycles. The normalized spacial score (nSPS) is 16.7. The lowest BCUT2D eigenvalue weighted by Gasteiger charge is -2.28. The van der Waals surface area contributed by atoms with Crippen molar-refractivity contribution >= 4 is 34.8 Å². The van der Waals surface area contributed by atoms with Gasteiger partial charge in [-0.3, -0.25) is 9.59 Å². The van der Waals surface area contributed by atoms with Crippen LogP contribution in [-0.4, -0.2) is 45.5 Å². The summed E-state index contributed by atoms with van der Waals surface area (Å²) in [5, 5.41) is 22.8. The Morgan fingerprint density at radius 2 is 1.81 bits per heavy atom. The first-order valence-electron chi connectivity index (χ1n) is 13.7. The molecule has 1 aliphatic rings. The molecule has 0 spiro atoms. The number of ether oxygens (including phenoxy) is 1. The van der Waals surface area contributed by atoms with Crippen molar-refractivity contribution < 1.29 is 14.6 Å². The smallest absolute Gasteiger partial charge is 0.278 e. The molecule has 2 aromatic carbocycles. The summed E-state index contributed by atoms with van der Waals surface area (Å²) in [6.45, 7) is 2.39. The number of aromatic nitrogens is 3. The van der Waals surface area contributed by atoms with E-state index in [0.29, 0.717) is 28.8 Å². The van der Waals surface area contributed by atoms with Crippen molar-refractivity contribution in [3.63, 3.8) is 0 Å². The van der Waals surface area contributed by atoms with E-state index in [1.54, 1.807) is 19.2 Å². The third-order valence-corrected chi connectivity index (χ3v) is 8.29. The fourth-order valence-corrected chi connectivity index (χ4v) is 5.84. The Morgan fingerprint density at radius 3 is 2.57 bits per heavy atom. The molecule has 2 heterocycles. The number of carbonyl (C=O) groups is 1. The SMILES string of the molecule is COc1nc(-c2cccc(-c3cccc(NC(=O)c4c(Cl)cn[nH]c4=O)c3C)c2Cl)ccc1CNC1CCCC[C@@H]1O. The van der Waals surface area contributed by atoms with Crippen LogP contribution >= 0.6 is 23.2 Å². The Balaban J connectivity index is 1.42. The predicted molar refractivity (Wildman–Crippen MR) is 164 cm³/mol. The third kappa shape index (κ3) is 6.19. The van der Waals surface area contributed by atoms with E-state index in [2.05, 4.69) is 20.8 Å². The minimum Gasteiger partial charge on any atom is -0.481 e. The number of aliphatic hydroxyl groups excluding tert-OH is 1. The van der Waals surface area contributed by atoms with Crippen molar-refractivity contribution in [1.82, 2.24) is 20.5 Å². The average Bonchev–Trinajstić information content (AvgIpc) is 2.98. The highest BCUT2D eigenvalue weighted by molar-refractivity contribution is 6.36. The second kappa shape index (κ2) is 13.0. The zero-order chi connectivity index (χ0) is 29.8. The monoisotopic (exact) mass is 607 g/mol. The zero-order valence-corrected chi connectivity index (χ0v) is 24.7. The van der Waals surface area contributed by atoms with Crippen LogP contribution in [0.25, 0.3) is 22.4 Å². The molecule has 1 amide bonds. The molecule has 4 aromatic rings. The summed E-state index contributed by atoms with van der Waals surface area (Å²) in [6.07, 6.45) is 4.78. The number of benzene rings is 2. The quantitative estimate of drug-likeness (QED) is 0.200. The Labute approximate surface area is 253 Å². The number of aliphatic hydroxyl groups is 1. The molecule has 4 N–H and O–H groups in total. The van der Waals surface area contributed by atoms with Gasteiger partial charge >= 0.3 is 0 Å². The van der Waals surface area contributed by atoms with Gasteiger partial charge in [0.1, 0.15) is 5.56 Å². The Kier molecular flexibility index (Phi) is 9.23. The van der Waals surface area contributed by atoms with Crippen molar-refractivity contribution in [1.29, 1.82) is 0 Å². The van der Waals surface area contributed by atoms with E-state index in [1.165, 1.54) is 6.20 Å². The predicted octanol–water partition coefficient (Wildman–Crippen LogP) is 5.77. The lowest BCUT2D eigenvalue weighted by atomic mass is 9.92. The first-order chi connectivity index (χ1) is 20.3.